The number of anilines is 1. The topological polar surface area (TPSA) is 46.9 Å². The Kier molecular flexibility index (Phi) is 5.20. The van der Waals surface area contributed by atoms with E-state index in [9.17, 15) is 4.79 Å². The van der Waals surface area contributed by atoms with Gasteiger partial charge < -0.3 is 5.32 Å². The third-order valence-corrected chi connectivity index (χ3v) is 3.99. The number of aryl methyl sites for hydroxylation is 1. The van der Waals surface area contributed by atoms with E-state index in [1.54, 1.807) is 6.20 Å². The van der Waals surface area contributed by atoms with E-state index in [1.807, 2.05) is 31.2 Å². The van der Waals surface area contributed by atoms with Gasteiger partial charge in [0.15, 0.2) is 0 Å². The molecular weight excluding hydrogens is 342 g/mol. The highest BCUT2D eigenvalue weighted by Crippen LogP contribution is 2.20. The molecule has 0 spiro atoms. The Bertz CT molecular complexity index is 657. The van der Waals surface area contributed by atoms with Crippen LogP contribution in [0.4, 0.5) is 5.69 Å². The lowest BCUT2D eigenvalue weighted by Gasteiger charge is -2.10. The average molecular weight is 357 g/mol. The molecule has 0 aliphatic heterocycles. The second kappa shape index (κ2) is 6.90. The van der Waals surface area contributed by atoms with Crippen molar-refractivity contribution in [1.82, 2.24) is 9.78 Å². The molecule has 0 radical (unpaired) electrons. The maximum Gasteiger partial charge on any atom is 0.287 e. The summed E-state index contributed by atoms with van der Waals surface area (Å²) in [4.78, 5) is 12.0. The minimum Gasteiger partial charge on any atom is -0.378 e. The van der Waals surface area contributed by atoms with Crippen molar-refractivity contribution in [2.24, 2.45) is 0 Å². The zero-order chi connectivity index (χ0) is 14.5. The molecule has 0 saturated heterocycles. The van der Waals surface area contributed by atoms with Crippen LogP contribution in [0.5, 0.6) is 0 Å². The second-order valence-corrected chi connectivity index (χ2v) is 5.58. The maximum absolute atomic E-state index is 12.0. The van der Waals surface area contributed by atoms with Gasteiger partial charge in [-0.3, -0.25) is 4.79 Å². The number of aromatic nitrogens is 2. The summed E-state index contributed by atoms with van der Waals surface area (Å²) in [6.45, 7) is 3.13. The van der Waals surface area contributed by atoms with Crippen LogP contribution in [0.25, 0.3) is 0 Å². The van der Waals surface area contributed by atoms with Crippen LogP contribution in [0.15, 0.2) is 39.7 Å². The first-order chi connectivity index (χ1) is 9.63. The van der Waals surface area contributed by atoms with E-state index in [-0.39, 0.29) is 10.6 Å². The number of hydrogen-bond acceptors (Lipinski definition) is 3. The van der Waals surface area contributed by atoms with Crippen molar-refractivity contribution in [3.63, 3.8) is 0 Å². The molecule has 0 amide bonds. The van der Waals surface area contributed by atoms with Crippen LogP contribution in [-0.4, -0.2) is 9.78 Å². The third kappa shape index (κ3) is 3.41. The molecule has 0 bridgehead atoms. The number of nitrogens with zero attached hydrogens (tertiary/aromatic N) is 2. The largest absolute Gasteiger partial charge is 0.378 e. The highest BCUT2D eigenvalue weighted by atomic mass is 79.9. The summed E-state index contributed by atoms with van der Waals surface area (Å²) in [6.07, 6.45) is 2.43. The highest BCUT2D eigenvalue weighted by molar-refractivity contribution is 9.10. The van der Waals surface area contributed by atoms with Gasteiger partial charge in [-0.25, -0.2) is 4.68 Å². The fourth-order valence-electron chi connectivity index (χ4n) is 1.79. The number of halogens is 2. The van der Waals surface area contributed by atoms with Gasteiger partial charge in [0.2, 0.25) is 0 Å². The quantitative estimate of drug-likeness (QED) is 0.889. The van der Waals surface area contributed by atoms with Gasteiger partial charge in [-0.2, -0.15) is 5.10 Å². The Morgan fingerprint density at radius 2 is 2.15 bits per heavy atom. The first kappa shape index (κ1) is 15.1. The molecule has 0 saturated carbocycles. The monoisotopic (exact) mass is 355 g/mol. The molecule has 2 aromatic rings. The Labute approximate surface area is 130 Å². The summed E-state index contributed by atoms with van der Waals surface area (Å²) >= 11 is 9.57. The third-order valence-electron chi connectivity index (χ3n) is 2.85. The molecule has 0 fully saturated rings. The van der Waals surface area contributed by atoms with Gasteiger partial charge in [0.25, 0.3) is 5.56 Å². The Morgan fingerprint density at radius 3 is 2.85 bits per heavy atom. The molecule has 20 heavy (non-hydrogen) atoms. The van der Waals surface area contributed by atoms with Crippen molar-refractivity contribution in [2.75, 3.05) is 5.32 Å². The van der Waals surface area contributed by atoms with Gasteiger partial charge >= 0.3 is 0 Å². The smallest absolute Gasteiger partial charge is 0.287 e. The van der Waals surface area contributed by atoms with Gasteiger partial charge in [0.05, 0.1) is 11.9 Å². The predicted molar refractivity (Wildman–Crippen MR) is 85.3 cm³/mol. The minimum atomic E-state index is -0.259. The minimum absolute atomic E-state index is 0.181. The molecule has 0 aliphatic rings. The van der Waals surface area contributed by atoms with Crippen molar-refractivity contribution in [3.05, 3.63) is 55.9 Å². The van der Waals surface area contributed by atoms with Gasteiger partial charge in [0, 0.05) is 17.6 Å². The van der Waals surface area contributed by atoms with Gasteiger partial charge in [0.1, 0.15) is 5.02 Å². The molecule has 0 unspecified atom stereocenters. The maximum atomic E-state index is 12.0. The molecule has 106 valence electrons. The van der Waals surface area contributed by atoms with Gasteiger partial charge in [-0.15, -0.1) is 0 Å². The first-order valence-corrected chi connectivity index (χ1v) is 7.53. The lowest BCUT2D eigenvalue weighted by atomic mass is 10.2. The van der Waals surface area contributed by atoms with Crippen molar-refractivity contribution in [1.29, 1.82) is 0 Å². The lowest BCUT2D eigenvalue weighted by Crippen LogP contribution is -2.24. The van der Waals surface area contributed by atoms with Gasteiger partial charge in [-0.05, 0) is 18.1 Å². The van der Waals surface area contributed by atoms with Gasteiger partial charge in [-0.1, -0.05) is 52.7 Å². The summed E-state index contributed by atoms with van der Waals surface area (Å²) < 4.78 is 2.39. The number of rotatable bonds is 5. The van der Waals surface area contributed by atoms with Crippen LogP contribution >= 0.6 is 27.5 Å². The Morgan fingerprint density at radius 1 is 1.40 bits per heavy atom. The van der Waals surface area contributed by atoms with E-state index in [2.05, 4.69) is 26.3 Å². The lowest BCUT2D eigenvalue weighted by molar-refractivity contribution is 0.568. The van der Waals surface area contributed by atoms with E-state index >= 15 is 0 Å². The van der Waals surface area contributed by atoms with E-state index in [0.29, 0.717) is 18.8 Å². The van der Waals surface area contributed by atoms with E-state index < -0.39 is 0 Å². The summed E-state index contributed by atoms with van der Waals surface area (Å²) in [7, 11) is 0. The second-order valence-electron chi connectivity index (χ2n) is 4.35. The van der Waals surface area contributed by atoms with Crippen LogP contribution in [0, 0.1) is 0 Å². The van der Waals surface area contributed by atoms with Crippen LogP contribution in [-0.2, 0) is 13.1 Å². The summed E-state index contributed by atoms with van der Waals surface area (Å²) in [6, 6.07) is 7.88. The molecule has 6 heteroatoms. The summed E-state index contributed by atoms with van der Waals surface area (Å²) in [5, 5.41) is 7.43. The molecule has 0 aliphatic carbocycles. The molecular formula is C14H15BrClN3O. The number of benzene rings is 1. The molecule has 1 aromatic carbocycles. The predicted octanol–water partition coefficient (Wildman–Crippen LogP) is 3.68. The van der Waals surface area contributed by atoms with Crippen LogP contribution in [0.1, 0.15) is 18.9 Å². The standard InChI is InChI=1S/C14H15BrClN3O/c1-2-7-19-14(20)13(16)12(9-18-19)17-8-10-5-3-4-6-11(10)15/h3-6,9,17H,2,7-8H2,1H3. The van der Waals surface area contributed by atoms with Crippen molar-refractivity contribution in [3.8, 4) is 0 Å². The van der Waals surface area contributed by atoms with Crippen molar-refractivity contribution < 1.29 is 0 Å². The molecule has 1 aromatic heterocycles. The van der Waals surface area contributed by atoms with E-state index in [4.69, 9.17) is 11.6 Å². The van der Waals surface area contributed by atoms with E-state index in [1.165, 1.54) is 4.68 Å². The van der Waals surface area contributed by atoms with Crippen LogP contribution in [0.2, 0.25) is 5.02 Å². The normalized spacial score (nSPS) is 10.6. The average Bonchev–Trinajstić information content (AvgIpc) is 2.45. The van der Waals surface area contributed by atoms with Crippen molar-refractivity contribution >= 4 is 33.2 Å². The Balaban J connectivity index is 2.17. The highest BCUT2D eigenvalue weighted by Gasteiger charge is 2.09. The summed E-state index contributed by atoms with van der Waals surface area (Å²) in [5.41, 5.74) is 1.38. The molecule has 1 N–H and O–H groups in total. The fraction of sp³-hybridized carbons (Fsp3) is 0.286. The number of nitrogens with one attached hydrogen (secondary N) is 1. The van der Waals surface area contributed by atoms with Crippen molar-refractivity contribution in [2.45, 2.75) is 26.4 Å². The number of hydrogen-bond donors (Lipinski definition) is 1. The molecule has 0 atom stereocenters. The zero-order valence-corrected chi connectivity index (χ0v) is 13.4. The molecule has 1 heterocycles. The SMILES string of the molecule is CCCn1ncc(NCc2ccccc2Br)c(Cl)c1=O. The zero-order valence-electron chi connectivity index (χ0n) is 11.1. The molecule has 4 nitrogen and oxygen atoms in total. The first-order valence-electron chi connectivity index (χ1n) is 6.36. The Hall–Kier alpha value is -1.33. The van der Waals surface area contributed by atoms with Crippen LogP contribution in [0.3, 0.4) is 0 Å². The fourth-order valence-corrected chi connectivity index (χ4v) is 2.43. The van der Waals surface area contributed by atoms with E-state index in [0.717, 1.165) is 16.5 Å². The molecule has 2 rings (SSSR count). The van der Waals surface area contributed by atoms with Crippen LogP contribution < -0.4 is 10.9 Å². The summed E-state index contributed by atoms with van der Waals surface area (Å²) in [5.74, 6) is 0.